The summed E-state index contributed by atoms with van der Waals surface area (Å²) in [5.74, 6) is 0.543. The van der Waals surface area contributed by atoms with Crippen molar-refractivity contribution in [3.63, 3.8) is 0 Å². The van der Waals surface area contributed by atoms with Gasteiger partial charge in [-0.15, -0.1) is 0 Å². The van der Waals surface area contributed by atoms with E-state index in [4.69, 9.17) is 0 Å². The van der Waals surface area contributed by atoms with Crippen molar-refractivity contribution in [2.24, 2.45) is 4.99 Å². The molecule has 1 rings (SSSR count). The van der Waals surface area contributed by atoms with E-state index in [0.717, 1.165) is 0 Å². The largest absolute Gasteiger partial charge is 0.451 e. The van der Waals surface area contributed by atoms with Gasteiger partial charge in [0.2, 0.25) is 5.96 Å². The number of carbonyl (C=O) groups excluding carboxylic acids is 1. The molecule has 0 atom stereocenters. The quantitative estimate of drug-likeness (QED) is 0.451. The molecule has 0 aromatic heterocycles. The van der Waals surface area contributed by atoms with E-state index in [1.807, 2.05) is 0 Å². The van der Waals surface area contributed by atoms with Crippen molar-refractivity contribution in [3.8, 4) is 0 Å². The Bertz CT molecular complexity index is 165. The summed E-state index contributed by atoms with van der Waals surface area (Å²) in [6, 6.07) is 0. The summed E-state index contributed by atoms with van der Waals surface area (Å²) in [5, 5.41) is 1.21. The fraction of sp³-hybridized carbons (Fsp3) is 0.500. The number of ether oxygens (including phenoxy) is 1. The number of nitrogens with one attached hydrogen (secondary N) is 1. The van der Waals surface area contributed by atoms with Gasteiger partial charge in [0.1, 0.15) is 0 Å². The number of guanidine groups is 1. The Morgan fingerprint density at radius 3 is 2.89 bits per heavy atom. The topological polar surface area (TPSA) is 63.6 Å². The maximum atomic E-state index is 10.5. The second-order valence-corrected chi connectivity index (χ2v) is 1.46. The SMILES string of the molecule is CN=C1NN1C(=O)OC. The van der Waals surface area contributed by atoms with Crippen LogP contribution in [0.15, 0.2) is 4.99 Å². The van der Waals surface area contributed by atoms with Crippen LogP contribution in [0.5, 0.6) is 0 Å². The minimum atomic E-state index is -0.435. The minimum Gasteiger partial charge on any atom is -0.451 e. The van der Waals surface area contributed by atoms with Crippen LogP contribution in [0.4, 0.5) is 4.79 Å². The molecule has 50 valence electrons. The van der Waals surface area contributed by atoms with Gasteiger partial charge in [0.15, 0.2) is 0 Å². The van der Waals surface area contributed by atoms with Crippen LogP contribution in [0.2, 0.25) is 0 Å². The van der Waals surface area contributed by atoms with Crippen LogP contribution in [-0.2, 0) is 4.74 Å². The van der Waals surface area contributed by atoms with Crippen LogP contribution in [0, 0.1) is 0 Å². The third-order valence-corrected chi connectivity index (χ3v) is 0.943. The number of nitrogens with zero attached hydrogens (tertiary/aromatic N) is 2. The molecule has 0 spiro atoms. The monoisotopic (exact) mass is 129 g/mol. The van der Waals surface area contributed by atoms with Crippen molar-refractivity contribution in [3.05, 3.63) is 0 Å². The Morgan fingerprint density at radius 2 is 2.56 bits per heavy atom. The van der Waals surface area contributed by atoms with Crippen molar-refractivity contribution in [2.45, 2.75) is 0 Å². The van der Waals surface area contributed by atoms with E-state index in [1.54, 1.807) is 7.05 Å². The first-order valence-electron chi connectivity index (χ1n) is 2.41. The van der Waals surface area contributed by atoms with E-state index >= 15 is 0 Å². The summed E-state index contributed by atoms with van der Waals surface area (Å²) in [6.07, 6.45) is -0.435. The highest BCUT2D eigenvalue weighted by Gasteiger charge is 2.33. The van der Waals surface area contributed by atoms with Gasteiger partial charge in [0, 0.05) is 7.05 Å². The summed E-state index contributed by atoms with van der Waals surface area (Å²) in [4.78, 5) is 14.2. The van der Waals surface area contributed by atoms with Crippen LogP contribution >= 0.6 is 0 Å². The summed E-state index contributed by atoms with van der Waals surface area (Å²) in [5.41, 5.74) is 2.58. The van der Waals surface area contributed by atoms with Gasteiger partial charge in [0.25, 0.3) is 0 Å². The number of aliphatic imine (C=N–C) groups is 1. The van der Waals surface area contributed by atoms with Crippen LogP contribution in [0.25, 0.3) is 0 Å². The van der Waals surface area contributed by atoms with Gasteiger partial charge in [-0.3, -0.25) is 10.4 Å². The maximum Gasteiger partial charge on any atom is 0.435 e. The molecule has 0 aromatic rings. The molecule has 0 aliphatic carbocycles. The molecular formula is C4H7N3O2. The molecule has 1 saturated heterocycles. The molecule has 1 fully saturated rings. The first kappa shape index (κ1) is 5.87. The Balaban J connectivity index is 2.42. The molecule has 0 aromatic carbocycles. The van der Waals surface area contributed by atoms with Gasteiger partial charge in [0.05, 0.1) is 7.11 Å². The molecule has 0 radical (unpaired) electrons. The normalized spacial score (nSPS) is 19.3. The summed E-state index contributed by atoms with van der Waals surface area (Å²) < 4.78 is 4.35. The standard InChI is InChI=1S/C4H7N3O2/c1-5-3-6-7(3)4(8)9-2/h1-2H3,(H,5,6). The molecule has 0 unspecified atom stereocenters. The first-order valence-corrected chi connectivity index (χ1v) is 2.41. The fourth-order valence-corrected chi connectivity index (χ4v) is 0.448. The van der Waals surface area contributed by atoms with E-state index in [2.05, 4.69) is 15.2 Å². The van der Waals surface area contributed by atoms with Gasteiger partial charge in [-0.1, -0.05) is 0 Å². The molecular weight excluding hydrogens is 122 g/mol. The highest BCUT2D eigenvalue weighted by Crippen LogP contribution is 2.01. The molecule has 0 bridgehead atoms. The summed E-state index contributed by atoms with van der Waals surface area (Å²) in [7, 11) is 2.90. The molecule has 1 amide bonds. The number of rotatable bonds is 0. The van der Waals surface area contributed by atoms with E-state index < -0.39 is 6.09 Å². The number of hydrazine groups is 1. The summed E-state index contributed by atoms with van der Waals surface area (Å²) in [6.45, 7) is 0. The third-order valence-electron chi connectivity index (χ3n) is 0.943. The lowest BCUT2D eigenvalue weighted by molar-refractivity contribution is 0.155. The van der Waals surface area contributed by atoms with Crippen molar-refractivity contribution in [2.75, 3.05) is 14.2 Å². The number of hydrogen-bond acceptors (Lipinski definition) is 3. The van der Waals surface area contributed by atoms with Crippen molar-refractivity contribution in [1.82, 2.24) is 10.4 Å². The molecule has 9 heavy (non-hydrogen) atoms. The molecule has 1 heterocycles. The molecule has 0 saturated carbocycles. The van der Waals surface area contributed by atoms with Crippen LogP contribution in [0.3, 0.4) is 0 Å². The van der Waals surface area contributed by atoms with Gasteiger partial charge in [-0.25, -0.2) is 4.79 Å². The van der Waals surface area contributed by atoms with Crippen LogP contribution < -0.4 is 5.43 Å². The zero-order valence-electron chi connectivity index (χ0n) is 5.21. The average Bonchev–Trinajstić information content (AvgIpc) is 2.64. The molecule has 5 nitrogen and oxygen atoms in total. The fourth-order valence-electron chi connectivity index (χ4n) is 0.448. The zero-order chi connectivity index (χ0) is 6.85. The molecule has 1 N–H and O–H groups in total. The smallest absolute Gasteiger partial charge is 0.435 e. The lowest BCUT2D eigenvalue weighted by atomic mass is 11.0. The lowest BCUT2D eigenvalue weighted by Crippen LogP contribution is -2.12. The second-order valence-electron chi connectivity index (χ2n) is 1.46. The lowest BCUT2D eigenvalue weighted by Gasteiger charge is -1.90. The highest BCUT2D eigenvalue weighted by atomic mass is 16.6. The predicted molar refractivity (Wildman–Crippen MR) is 30.7 cm³/mol. The van der Waals surface area contributed by atoms with E-state index in [-0.39, 0.29) is 0 Å². The minimum absolute atomic E-state index is 0.435. The van der Waals surface area contributed by atoms with Crippen LogP contribution in [0.1, 0.15) is 0 Å². The number of hydrogen-bond donors (Lipinski definition) is 1. The van der Waals surface area contributed by atoms with Crippen molar-refractivity contribution >= 4 is 12.1 Å². The summed E-state index contributed by atoms with van der Waals surface area (Å²) >= 11 is 0. The molecule has 1 aliphatic heterocycles. The van der Waals surface area contributed by atoms with Crippen molar-refractivity contribution in [1.29, 1.82) is 0 Å². The third kappa shape index (κ3) is 0.933. The molecule has 1 aliphatic rings. The average molecular weight is 129 g/mol. The Kier molecular flexibility index (Phi) is 1.26. The number of carbonyl (C=O) groups is 1. The second kappa shape index (κ2) is 1.93. The highest BCUT2D eigenvalue weighted by molar-refractivity contribution is 6.04. The first-order chi connectivity index (χ1) is 4.29. The molecule has 5 heteroatoms. The Hall–Kier alpha value is -1.26. The van der Waals surface area contributed by atoms with Crippen molar-refractivity contribution < 1.29 is 9.53 Å². The number of methoxy groups -OCH3 is 1. The zero-order valence-corrected chi connectivity index (χ0v) is 5.21. The van der Waals surface area contributed by atoms with Crippen LogP contribution in [-0.4, -0.2) is 31.2 Å². The van der Waals surface area contributed by atoms with E-state index in [1.165, 1.54) is 12.1 Å². The van der Waals surface area contributed by atoms with Gasteiger partial charge < -0.3 is 4.74 Å². The van der Waals surface area contributed by atoms with Gasteiger partial charge >= 0.3 is 6.09 Å². The van der Waals surface area contributed by atoms with Gasteiger partial charge in [-0.05, 0) is 0 Å². The maximum absolute atomic E-state index is 10.5. The number of amides is 1. The Labute approximate surface area is 52.3 Å². The van der Waals surface area contributed by atoms with E-state index in [0.29, 0.717) is 5.96 Å². The Morgan fingerprint density at radius 1 is 1.89 bits per heavy atom. The van der Waals surface area contributed by atoms with E-state index in [9.17, 15) is 4.79 Å². The predicted octanol–water partition coefficient (Wildman–Crippen LogP) is -0.441. The van der Waals surface area contributed by atoms with Gasteiger partial charge in [-0.2, -0.15) is 5.01 Å².